The summed E-state index contributed by atoms with van der Waals surface area (Å²) in [6.45, 7) is 3.73. The number of ether oxygens (including phenoxy) is 1. The van der Waals surface area contributed by atoms with Gasteiger partial charge in [-0.05, 0) is 43.3 Å². The van der Waals surface area contributed by atoms with Crippen LogP contribution in [0.25, 0.3) is 0 Å². The summed E-state index contributed by atoms with van der Waals surface area (Å²) in [4.78, 5) is 0. The van der Waals surface area contributed by atoms with Gasteiger partial charge in [-0.25, -0.2) is 4.39 Å². The normalized spacial score (nSPS) is 10.6. The highest BCUT2D eigenvalue weighted by atomic mass is 35.5. The van der Waals surface area contributed by atoms with Crippen molar-refractivity contribution in [2.24, 2.45) is 0 Å². The minimum Gasteiger partial charge on any atom is -0.455 e. The van der Waals surface area contributed by atoms with Crippen molar-refractivity contribution in [3.05, 3.63) is 58.9 Å². The van der Waals surface area contributed by atoms with Gasteiger partial charge < -0.3 is 10.1 Å². The number of benzene rings is 2. The van der Waals surface area contributed by atoms with Gasteiger partial charge >= 0.3 is 0 Å². The van der Waals surface area contributed by atoms with Gasteiger partial charge in [-0.1, -0.05) is 30.7 Å². The van der Waals surface area contributed by atoms with Crippen molar-refractivity contribution in [3.8, 4) is 11.5 Å². The van der Waals surface area contributed by atoms with E-state index in [9.17, 15) is 4.39 Å². The van der Waals surface area contributed by atoms with Crippen LogP contribution in [0.2, 0.25) is 5.02 Å². The lowest BCUT2D eigenvalue weighted by atomic mass is 10.2. The maximum atomic E-state index is 12.9. The van der Waals surface area contributed by atoms with E-state index in [0.29, 0.717) is 23.1 Å². The van der Waals surface area contributed by atoms with Crippen LogP contribution in [0.1, 0.15) is 18.9 Å². The molecule has 4 heteroatoms. The molecule has 0 aliphatic rings. The summed E-state index contributed by atoms with van der Waals surface area (Å²) < 4.78 is 18.7. The standard InChI is InChI=1S/C16H17ClFNO/c1-2-10-19-11-12-4-3-5-15(17)16(12)20-14-8-6-13(18)7-9-14/h3-9,19H,2,10-11H2,1H3. The zero-order valence-electron chi connectivity index (χ0n) is 11.3. The molecule has 0 amide bonds. The summed E-state index contributed by atoms with van der Waals surface area (Å²) in [6, 6.07) is 11.5. The molecule has 2 rings (SSSR count). The second-order valence-corrected chi connectivity index (χ2v) is 4.87. The molecule has 0 radical (unpaired) electrons. The van der Waals surface area contributed by atoms with Crippen LogP contribution in [0.5, 0.6) is 11.5 Å². The van der Waals surface area contributed by atoms with Gasteiger partial charge in [0.15, 0.2) is 0 Å². The molecule has 2 aromatic carbocycles. The maximum Gasteiger partial charge on any atom is 0.150 e. The quantitative estimate of drug-likeness (QED) is 0.775. The van der Waals surface area contributed by atoms with E-state index in [4.69, 9.17) is 16.3 Å². The fraction of sp³-hybridized carbons (Fsp3) is 0.250. The Kier molecular flexibility index (Phi) is 5.39. The molecule has 0 bridgehead atoms. The number of halogens is 2. The van der Waals surface area contributed by atoms with Crippen LogP contribution in [0.3, 0.4) is 0 Å². The predicted octanol–water partition coefficient (Wildman–Crippen LogP) is 4.77. The molecule has 0 aliphatic carbocycles. The van der Waals surface area contributed by atoms with Gasteiger partial charge in [-0.3, -0.25) is 0 Å². The van der Waals surface area contributed by atoms with Gasteiger partial charge in [-0.15, -0.1) is 0 Å². The fourth-order valence-corrected chi connectivity index (χ4v) is 2.06. The van der Waals surface area contributed by atoms with E-state index >= 15 is 0 Å². The van der Waals surface area contributed by atoms with Crippen molar-refractivity contribution in [2.45, 2.75) is 19.9 Å². The van der Waals surface area contributed by atoms with Gasteiger partial charge in [-0.2, -0.15) is 0 Å². The maximum absolute atomic E-state index is 12.9. The number of rotatable bonds is 6. The molecule has 0 unspecified atom stereocenters. The number of nitrogens with one attached hydrogen (secondary N) is 1. The smallest absolute Gasteiger partial charge is 0.150 e. The molecule has 0 aromatic heterocycles. The third kappa shape index (κ3) is 3.95. The fourth-order valence-electron chi connectivity index (χ4n) is 1.83. The summed E-state index contributed by atoms with van der Waals surface area (Å²) >= 11 is 6.20. The van der Waals surface area contributed by atoms with Crippen LogP contribution in [0, 0.1) is 5.82 Å². The van der Waals surface area contributed by atoms with E-state index in [1.807, 2.05) is 12.1 Å². The van der Waals surface area contributed by atoms with Crippen molar-refractivity contribution in [1.82, 2.24) is 5.32 Å². The largest absolute Gasteiger partial charge is 0.455 e. The molecule has 0 aliphatic heterocycles. The molecular formula is C16H17ClFNO. The molecule has 0 saturated carbocycles. The van der Waals surface area contributed by atoms with E-state index in [0.717, 1.165) is 18.5 Å². The first-order valence-electron chi connectivity index (χ1n) is 6.62. The van der Waals surface area contributed by atoms with Gasteiger partial charge in [0.1, 0.15) is 17.3 Å². The zero-order chi connectivity index (χ0) is 14.4. The summed E-state index contributed by atoms with van der Waals surface area (Å²) in [6.07, 6.45) is 1.06. The topological polar surface area (TPSA) is 21.3 Å². The molecule has 2 nitrogen and oxygen atoms in total. The van der Waals surface area contributed by atoms with Gasteiger partial charge in [0.2, 0.25) is 0 Å². The van der Waals surface area contributed by atoms with Gasteiger partial charge in [0, 0.05) is 12.1 Å². The second-order valence-electron chi connectivity index (χ2n) is 4.46. The Balaban J connectivity index is 2.18. The van der Waals surface area contributed by atoms with Crippen LogP contribution >= 0.6 is 11.6 Å². The number of hydrogen-bond acceptors (Lipinski definition) is 2. The molecule has 2 aromatic rings. The van der Waals surface area contributed by atoms with Gasteiger partial charge in [0.05, 0.1) is 5.02 Å². The Bertz CT molecular complexity index is 557. The predicted molar refractivity (Wildman–Crippen MR) is 79.9 cm³/mol. The van der Waals surface area contributed by atoms with Crippen LogP contribution in [0.4, 0.5) is 4.39 Å². The second kappa shape index (κ2) is 7.27. The minimum absolute atomic E-state index is 0.290. The molecule has 0 saturated heterocycles. The van der Waals surface area contributed by atoms with Crippen molar-refractivity contribution < 1.29 is 9.13 Å². The lowest BCUT2D eigenvalue weighted by Crippen LogP contribution is -2.14. The summed E-state index contributed by atoms with van der Waals surface area (Å²) in [5.74, 6) is 0.891. The Hall–Kier alpha value is -1.58. The minimum atomic E-state index is -0.290. The summed E-state index contributed by atoms with van der Waals surface area (Å²) in [5, 5.41) is 3.86. The van der Waals surface area contributed by atoms with Crippen LogP contribution in [-0.2, 0) is 6.54 Å². The SMILES string of the molecule is CCCNCc1cccc(Cl)c1Oc1ccc(F)cc1. The van der Waals surface area contributed by atoms with Crippen molar-refractivity contribution in [2.75, 3.05) is 6.54 Å². The van der Waals surface area contributed by atoms with Crippen LogP contribution < -0.4 is 10.1 Å². The van der Waals surface area contributed by atoms with E-state index in [-0.39, 0.29) is 5.82 Å². The highest BCUT2D eigenvalue weighted by Gasteiger charge is 2.09. The molecule has 20 heavy (non-hydrogen) atoms. The Labute approximate surface area is 123 Å². The van der Waals surface area contributed by atoms with E-state index in [1.54, 1.807) is 18.2 Å². The molecule has 0 spiro atoms. The third-order valence-corrected chi connectivity index (χ3v) is 3.12. The summed E-state index contributed by atoms with van der Waals surface area (Å²) in [7, 11) is 0. The Morgan fingerprint density at radius 1 is 1.15 bits per heavy atom. The average Bonchev–Trinajstić information content (AvgIpc) is 2.45. The first kappa shape index (κ1) is 14.8. The number of hydrogen-bond donors (Lipinski definition) is 1. The molecule has 106 valence electrons. The number of para-hydroxylation sites is 1. The average molecular weight is 294 g/mol. The van der Waals surface area contributed by atoms with E-state index in [1.165, 1.54) is 12.1 Å². The van der Waals surface area contributed by atoms with E-state index < -0.39 is 0 Å². The molecule has 0 heterocycles. The van der Waals surface area contributed by atoms with E-state index in [2.05, 4.69) is 12.2 Å². The highest BCUT2D eigenvalue weighted by molar-refractivity contribution is 6.32. The van der Waals surface area contributed by atoms with Gasteiger partial charge in [0.25, 0.3) is 0 Å². The van der Waals surface area contributed by atoms with Crippen LogP contribution in [-0.4, -0.2) is 6.54 Å². The molecular weight excluding hydrogens is 277 g/mol. The van der Waals surface area contributed by atoms with Crippen LogP contribution in [0.15, 0.2) is 42.5 Å². The Morgan fingerprint density at radius 3 is 2.60 bits per heavy atom. The summed E-state index contributed by atoms with van der Waals surface area (Å²) in [5.41, 5.74) is 0.982. The van der Waals surface area contributed by atoms with Crippen molar-refractivity contribution in [1.29, 1.82) is 0 Å². The van der Waals surface area contributed by atoms with Crippen molar-refractivity contribution in [3.63, 3.8) is 0 Å². The third-order valence-electron chi connectivity index (χ3n) is 2.82. The van der Waals surface area contributed by atoms with Crippen molar-refractivity contribution >= 4 is 11.6 Å². The lowest BCUT2D eigenvalue weighted by molar-refractivity contribution is 0.471. The molecule has 1 N–H and O–H groups in total. The monoisotopic (exact) mass is 293 g/mol. The Morgan fingerprint density at radius 2 is 1.90 bits per heavy atom. The first-order chi connectivity index (χ1) is 9.70. The first-order valence-corrected chi connectivity index (χ1v) is 7.00. The highest BCUT2D eigenvalue weighted by Crippen LogP contribution is 2.33. The molecule has 0 fully saturated rings. The lowest BCUT2D eigenvalue weighted by Gasteiger charge is -2.13. The molecule has 0 atom stereocenters. The zero-order valence-corrected chi connectivity index (χ0v) is 12.1.